The highest BCUT2D eigenvalue weighted by Gasteiger charge is 2.19. The maximum absolute atomic E-state index is 12.8. The first-order chi connectivity index (χ1) is 12.5. The van der Waals surface area contributed by atoms with Gasteiger partial charge in [0.25, 0.3) is 5.56 Å². The van der Waals surface area contributed by atoms with Gasteiger partial charge in [0.05, 0.1) is 10.6 Å². The second kappa shape index (κ2) is 6.69. The summed E-state index contributed by atoms with van der Waals surface area (Å²) in [5, 5.41) is 5.00. The number of thioether (sulfide) groups is 1. The van der Waals surface area contributed by atoms with E-state index in [1.54, 1.807) is 18.5 Å². The van der Waals surface area contributed by atoms with Crippen molar-refractivity contribution in [2.45, 2.75) is 24.3 Å². The number of benzene rings is 1. The van der Waals surface area contributed by atoms with E-state index in [-0.39, 0.29) is 10.8 Å². The summed E-state index contributed by atoms with van der Waals surface area (Å²) in [6, 6.07) is 11.9. The Bertz CT molecular complexity index is 1130. The minimum Gasteiger partial charge on any atom is -0.338 e. The third-order valence-electron chi connectivity index (χ3n) is 3.96. The first-order valence-electron chi connectivity index (χ1n) is 8.06. The van der Waals surface area contributed by atoms with E-state index in [0.29, 0.717) is 22.3 Å². The van der Waals surface area contributed by atoms with Gasteiger partial charge in [-0.15, -0.1) is 11.3 Å². The van der Waals surface area contributed by atoms with Gasteiger partial charge in [-0.2, -0.15) is 4.98 Å². The molecule has 8 heteroatoms. The zero-order valence-electron chi connectivity index (χ0n) is 14.5. The lowest BCUT2D eigenvalue weighted by Crippen LogP contribution is -2.19. The molecule has 0 aliphatic carbocycles. The molecule has 0 bridgehead atoms. The molecule has 1 aromatic carbocycles. The van der Waals surface area contributed by atoms with Crippen molar-refractivity contribution in [1.82, 2.24) is 19.7 Å². The van der Waals surface area contributed by atoms with Gasteiger partial charge in [0, 0.05) is 11.9 Å². The average Bonchev–Trinajstić information content (AvgIpc) is 3.27. The topological polar surface area (TPSA) is 73.8 Å². The lowest BCUT2D eigenvalue weighted by atomic mass is 10.2. The van der Waals surface area contributed by atoms with Gasteiger partial charge in [0.1, 0.15) is 4.83 Å². The Hall–Kier alpha value is -2.45. The highest BCUT2D eigenvalue weighted by atomic mass is 32.2. The largest absolute Gasteiger partial charge is 0.338 e. The van der Waals surface area contributed by atoms with E-state index in [1.165, 1.54) is 23.1 Å². The molecule has 4 aromatic rings. The predicted molar refractivity (Wildman–Crippen MR) is 104 cm³/mol. The molecule has 3 aromatic heterocycles. The molecule has 0 spiro atoms. The minimum absolute atomic E-state index is 0.0511. The molecule has 4 rings (SSSR count). The minimum atomic E-state index is -0.0969. The number of hydrogen-bond donors (Lipinski definition) is 0. The lowest BCUT2D eigenvalue weighted by Gasteiger charge is -2.09. The molecule has 0 saturated carbocycles. The van der Waals surface area contributed by atoms with Crippen molar-refractivity contribution in [3.63, 3.8) is 0 Å². The second-order valence-corrected chi connectivity index (χ2v) is 8.23. The van der Waals surface area contributed by atoms with E-state index in [1.807, 2.05) is 43.3 Å². The van der Waals surface area contributed by atoms with Crippen molar-refractivity contribution in [3.05, 3.63) is 58.5 Å². The Balaban J connectivity index is 1.74. The van der Waals surface area contributed by atoms with E-state index in [2.05, 4.69) is 10.1 Å². The number of thiophene rings is 1. The molecule has 3 heterocycles. The summed E-state index contributed by atoms with van der Waals surface area (Å²) >= 11 is 2.96. The zero-order chi connectivity index (χ0) is 18.3. The first-order valence-corrected chi connectivity index (χ1v) is 9.75. The van der Waals surface area contributed by atoms with Gasteiger partial charge in [-0.3, -0.25) is 9.36 Å². The third-order valence-corrected chi connectivity index (χ3v) is 6.17. The maximum atomic E-state index is 12.8. The summed E-state index contributed by atoms with van der Waals surface area (Å²) in [4.78, 5) is 23.5. The normalized spacial score (nSPS) is 12.6. The van der Waals surface area contributed by atoms with E-state index in [9.17, 15) is 4.79 Å². The molecule has 26 heavy (non-hydrogen) atoms. The number of aryl methyl sites for hydroxylation is 1. The summed E-state index contributed by atoms with van der Waals surface area (Å²) in [6.45, 7) is 3.74. The van der Waals surface area contributed by atoms with E-state index < -0.39 is 0 Å². The van der Waals surface area contributed by atoms with Crippen LogP contribution < -0.4 is 5.56 Å². The Morgan fingerprint density at radius 1 is 1.23 bits per heavy atom. The highest BCUT2D eigenvalue weighted by Crippen LogP contribution is 2.35. The molecule has 0 saturated heterocycles. The smallest absolute Gasteiger partial charge is 0.262 e. The van der Waals surface area contributed by atoms with Crippen LogP contribution in [0.25, 0.3) is 20.7 Å². The fraction of sp³-hybridized carbons (Fsp3) is 0.222. The van der Waals surface area contributed by atoms with Gasteiger partial charge in [0.2, 0.25) is 5.89 Å². The molecule has 1 atom stereocenters. The molecular formula is C18H16N4O2S2. The van der Waals surface area contributed by atoms with Gasteiger partial charge in [0.15, 0.2) is 11.0 Å². The molecule has 0 unspecified atom stereocenters. The van der Waals surface area contributed by atoms with Crippen LogP contribution in [0.3, 0.4) is 0 Å². The summed E-state index contributed by atoms with van der Waals surface area (Å²) in [6.07, 6.45) is 0. The van der Waals surface area contributed by atoms with Crippen LogP contribution >= 0.6 is 23.1 Å². The van der Waals surface area contributed by atoms with Crippen LogP contribution in [0, 0.1) is 6.92 Å². The van der Waals surface area contributed by atoms with Crippen LogP contribution in [-0.4, -0.2) is 19.7 Å². The number of fused-ring (bicyclic) bond motifs is 1. The summed E-state index contributed by atoms with van der Waals surface area (Å²) < 4.78 is 6.80. The molecule has 0 aliphatic heterocycles. The highest BCUT2D eigenvalue weighted by molar-refractivity contribution is 7.99. The Kier molecular flexibility index (Phi) is 4.37. The van der Waals surface area contributed by atoms with Gasteiger partial charge in [-0.25, -0.2) is 4.98 Å². The van der Waals surface area contributed by atoms with Gasteiger partial charge < -0.3 is 4.52 Å². The van der Waals surface area contributed by atoms with Crippen molar-refractivity contribution < 1.29 is 4.52 Å². The van der Waals surface area contributed by atoms with Crippen molar-refractivity contribution in [2.24, 2.45) is 7.05 Å². The van der Waals surface area contributed by atoms with Crippen LogP contribution in [0.5, 0.6) is 0 Å². The lowest BCUT2D eigenvalue weighted by molar-refractivity contribution is 0.376. The van der Waals surface area contributed by atoms with Crippen LogP contribution in [0.2, 0.25) is 0 Å². The molecule has 0 N–H and O–H groups in total. The van der Waals surface area contributed by atoms with Crippen LogP contribution in [0.15, 0.2) is 50.9 Å². The Labute approximate surface area is 157 Å². The van der Waals surface area contributed by atoms with Crippen molar-refractivity contribution >= 4 is 33.3 Å². The summed E-state index contributed by atoms with van der Waals surface area (Å²) in [5.74, 6) is 1.12. The number of aromatic nitrogens is 4. The van der Waals surface area contributed by atoms with Crippen molar-refractivity contribution in [1.29, 1.82) is 0 Å². The zero-order valence-corrected chi connectivity index (χ0v) is 16.1. The molecule has 0 fully saturated rings. The maximum Gasteiger partial charge on any atom is 0.262 e. The monoisotopic (exact) mass is 384 g/mol. The second-order valence-electron chi connectivity index (χ2n) is 5.89. The summed E-state index contributed by atoms with van der Waals surface area (Å²) in [7, 11) is 1.74. The van der Waals surface area contributed by atoms with Crippen LogP contribution in [0.4, 0.5) is 0 Å². The number of hydrogen-bond acceptors (Lipinski definition) is 7. The predicted octanol–water partition coefficient (Wildman–Crippen LogP) is 4.21. The molecule has 0 amide bonds. The van der Waals surface area contributed by atoms with Crippen molar-refractivity contribution in [3.8, 4) is 10.4 Å². The molecule has 132 valence electrons. The molecule has 0 aliphatic rings. The van der Waals surface area contributed by atoms with Gasteiger partial charge >= 0.3 is 0 Å². The Morgan fingerprint density at radius 2 is 2.00 bits per heavy atom. The summed E-state index contributed by atoms with van der Waals surface area (Å²) in [5.41, 5.74) is 1.03. The molecule has 0 radical (unpaired) electrons. The quantitative estimate of drug-likeness (QED) is 0.388. The van der Waals surface area contributed by atoms with E-state index >= 15 is 0 Å². The standard InChI is InChI=1S/C18H16N4O2S2/c1-10(15-19-11(2)21-24-15)25-18-20-16-13(17(23)22(18)3)9-14(26-16)12-7-5-4-6-8-12/h4-10H,1-3H3/t10-/m0/s1. The molecular weight excluding hydrogens is 368 g/mol. The fourth-order valence-corrected chi connectivity index (χ4v) is 4.57. The average molecular weight is 384 g/mol. The van der Waals surface area contributed by atoms with Gasteiger partial charge in [-0.1, -0.05) is 47.3 Å². The first kappa shape index (κ1) is 17.0. The van der Waals surface area contributed by atoms with Crippen LogP contribution in [-0.2, 0) is 7.05 Å². The number of rotatable bonds is 4. The SMILES string of the molecule is Cc1noc([C@H](C)Sc2nc3sc(-c4ccccc4)cc3c(=O)n2C)n1. The Morgan fingerprint density at radius 3 is 2.69 bits per heavy atom. The van der Waals surface area contributed by atoms with E-state index in [0.717, 1.165) is 15.3 Å². The molecule has 6 nitrogen and oxygen atoms in total. The van der Waals surface area contributed by atoms with Crippen molar-refractivity contribution in [2.75, 3.05) is 0 Å². The van der Waals surface area contributed by atoms with Crippen LogP contribution in [0.1, 0.15) is 23.9 Å². The fourth-order valence-electron chi connectivity index (χ4n) is 2.58. The third kappa shape index (κ3) is 3.06. The van der Waals surface area contributed by atoms with E-state index in [4.69, 9.17) is 9.51 Å². The van der Waals surface area contributed by atoms with Gasteiger partial charge in [-0.05, 0) is 25.5 Å². The number of nitrogens with zero attached hydrogens (tertiary/aromatic N) is 4.